The van der Waals surface area contributed by atoms with Crippen molar-refractivity contribution in [3.05, 3.63) is 54.1 Å². The quantitative estimate of drug-likeness (QED) is 0.700. The lowest BCUT2D eigenvalue weighted by atomic mass is 10.1. The summed E-state index contributed by atoms with van der Waals surface area (Å²) < 4.78 is 14.9. The molecule has 0 N–H and O–H groups in total. The van der Waals surface area contributed by atoms with Gasteiger partial charge < -0.3 is 4.90 Å². The summed E-state index contributed by atoms with van der Waals surface area (Å²) in [5.41, 5.74) is 2.62. The summed E-state index contributed by atoms with van der Waals surface area (Å²) in [4.78, 5) is 21.7. The number of nitrogens with zero attached hydrogens (tertiary/aromatic N) is 5. The van der Waals surface area contributed by atoms with Gasteiger partial charge in [-0.3, -0.25) is 9.69 Å². The summed E-state index contributed by atoms with van der Waals surface area (Å²) in [6.07, 6.45) is 4.05. The van der Waals surface area contributed by atoms with Gasteiger partial charge in [-0.1, -0.05) is 0 Å². The van der Waals surface area contributed by atoms with Crippen LogP contribution >= 0.6 is 0 Å². The predicted octanol–water partition coefficient (Wildman–Crippen LogP) is 2.46. The monoisotopic (exact) mass is 365 g/mol. The zero-order valence-corrected chi connectivity index (χ0v) is 14.9. The van der Waals surface area contributed by atoms with Crippen molar-refractivity contribution in [2.75, 3.05) is 26.2 Å². The Morgan fingerprint density at radius 2 is 1.96 bits per heavy atom. The topological polar surface area (TPSA) is 53.7 Å². The smallest absolute Gasteiger partial charge is 0.274 e. The van der Waals surface area contributed by atoms with E-state index in [9.17, 15) is 9.18 Å². The number of rotatable bonds is 2. The van der Waals surface area contributed by atoms with Gasteiger partial charge in [0.05, 0.1) is 5.69 Å². The average molecular weight is 365 g/mol. The molecule has 1 aromatic carbocycles. The molecule has 27 heavy (non-hydrogen) atoms. The minimum Gasteiger partial charge on any atom is -0.334 e. The number of amides is 1. The minimum atomic E-state index is -0.286. The van der Waals surface area contributed by atoms with E-state index in [0.717, 1.165) is 43.9 Å². The van der Waals surface area contributed by atoms with Crippen molar-refractivity contribution in [2.24, 2.45) is 0 Å². The fourth-order valence-electron chi connectivity index (χ4n) is 4.18. The van der Waals surface area contributed by atoms with Crippen LogP contribution in [0.5, 0.6) is 0 Å². The molecular weight excluding hydrogens is 345 g/mol. The van der Waals surface area contributed by atoms with Crippen LogP contribution in [0.15, 0.2) is 42.6 Å². The van der Waals surface area contributed by atoms with Crippen LogP contribution < -0.4 is 0 Å². The number of hydrogen-bond acceptors (Lipinski definition) is 4. The van der Waals surface area contributed by atoms with Crippen LogP contribution in [0.3, 0.4) is 0 Å². The predicted molar refractivity (Wildman–Crippen MR) is 98.9 cm³/mol. The number of aromatic nitrogens is 3. The number of carbonyl (C=O) groups is 1. The van der Waals surface area contributed by atoms with Gasteiger partial charge in [0.2, 0.25) is 0 Å². The molecule has 0 saturated carbocycles. The van der Waals surface area contributed by atoms with Crippen molar-refractivity contribution >= 4 is 11.6 Å². The molecule has 2 aliphatic rings. The molecule has 0 spiro atoms. The number of fused-ring (bicyclic) bond motifs is 2. The van der Waals surface area contributed by atoms with Gasteiger partial charge in [-0.25, -0.2) is 13.9 Å². The molecular formula is C20H20FN5O. The second-order valence-electron chi connectivity index (χ2n) is 7.22. The van der Waals surface area contributed by atoms with Crippen molar-refractivity contribution in [3.8, 4) is 11.3 Å². The molecule has 1 atom stereocenters. The Hall–Kier alpha value is -2.80. The second-order valence-corrected chi connectivity index (χ2v) is 7.22. The molecule has 4 heterocycles. The molecule has 0 bridgehead atoms. The van der Waals surface area contributed by atoms with E-state index in [4.69, 9.17) is 0 Å². The van der Waals surface area contributed by atoms with Gasteiger partial charge >= 0.3 is 0 Å². The maximum atomic E-state index is 13.2. The lowest BCUT2D eigenvalue weighted by Crippen LogP contribution is -2.52. The molecule has 5 rings (SSSR count). The van der Waals surface area contributed by atoms with Crippen LogP contribution in [0, 0.1) is 5.82 Å². The highest BCUT2D eigenvalue weighted by atomic mass is 19.1. The fraction of sp³-hybridized carbons (Fsp3) is 0.350. The highest BCUT2D eigenvalue weighted by Gasteiger charge is 2.33. The van der Waals surface area contributed by atoms with Gasteiger partial charge in [-0.05, 0) is 49.7 Å². The summed E-state index contributed by atoms with van der Waals surface area (Å²) in [6, 6.07) is 10.3. The van der Waals surface area contributed by atoms with Gasteiger partial charge in [-0.15, -0.1) is 0 Å². The summed E-state index contributed by atoms with van der Waals surface area (Å²) in [7, 11) is 0. The largest absolute Gasteiger partial charge is 0.334 e. The lowest BCUT2D eigenvalue weighted by Gasteiger charge is -2.37. The molecule has 2 aromatic heterocycles. The van der Waals surface area contributed by atoms with Crippen LogP contribution in [0.1, 0.15) is 23.3 Å². The maximum Gasteiger partial charge on any atom is 0.274 e. The molecule has 0 aliphatic carbocycles. The van der Waals surface area contributed by atoms with Crippen LogP contribution in [-0.2, 0) is 0 Å². The van der Waals surface area contributed by atoms with Gasteiger partial charge in [0.1, 0.15) is 5.82 Å². The van der Waals surface area contributed by atoms with Gasteiger partial charge in [0.25, 0.3) is 5.91 Å². The number of halogens is 1. The van der Waals surface area contributed by atoms with E-state index in [1.165, 1.54) is 18.6 Å². The van der Waals surface area contributed by atoms with Crippen LogP contribution in [0.2, 0.25) is 0 Å². The molecule has 0 unspecified atom stereocenters. The van der Waals surface area contributed by atoms with E-state index >= 15 is 0 Å². The third kappa shape index (κ3) is 2.88. The standard InChI is InChI=1S/C20H20FN5O/c21-15-5-3-14(4-6-15)18-7-8-22-19-12-17(23-26(18)19)20(27)25-11-10-24-9-1-2-16(24)13-25/h3-8,12,16H,1-2,9-11,13H2/t16-/m0/s1. The van der Waals surface area contributed by atoms with E-state index in [0.29, 0.717) is 17.4 Å². The van der Waals surface area contributed by atoms with Crippen molar-refractivity contribution in [1.29, 1.82) is 0 Å². The first kappa shape index (κ1) is 16.4. The number of piperazine rings is 1. The second kappa shape index (κ2) is 6.42. The Labute approximate surface area is 156 Å². The Bertz CT molecular complexity index is 999. The summed E-state index contributed by atoms with van der Waals surface area (Å²) in [5, 5.41) is 4.53. The average Bonchev–Trinajstić information content (AvgIpc) is 3.34. The van der Waals surface area contributed by atoms with Crippen molar-refractivity contribution < 1.29 is 9.18 Å². The van der Waals surface area contributed by atoms with Crippen molar-refractivity contribution in [1.82, 2.24) is 24.4 Å². The first-order chi connectivity index (χ1) is 13.2. The Morgan fingerprint density at radius 1 is 1.11 bits per heavy atom. The van der Waals surface area contributed by atoms with Crippen molar-refractivity contribution in [3.63, 3.8) is 0 Å². The molecule has 1 amide bonds. The number of carbonyl (C=O) groups excluding carboxylic acids is 1. The molecule has 7 heteroatoms. The van der Waals surface area contributed by atoms with Crippen molar-refractivity contribution in [2.45, 2.75) is 18.9 Å². The third-order valence-corrected chi connectivity index (χ3v) is 5.59. The summed E-state index contributed by atoms with van der Waals surface area (Å²) in [5.74, 6) is -0.330. The summed E-state index contributed by atoms with van der Waals surface area (Å²) in [6.45, 7) is 3.58. The number of hydrogen-bond donors (Lipinski definition) is 0. The van der Waals surface area contributed by atoms with Gasteiger partial charge in [0.15, 0.2) is 11.3 Å². The Balaban J connectivity index is 1.47. The normalized spacial score (nSPS) is 20.2. The molecule has 2 saturated heterocycles. The first-order valence-electron chi connectivity index (χ1n) is 9.33. The molecule has 0 radical (unpaired) electrons. The molecule has 2 fully saturated rings. The molecule has 138 valence electrons. The molecule has 2 aliphatic heterocycles. The van der Waals surface area contributed by atoms with Gasteiger partial charge in [-0.2, -0.15) is 5.10 Å². The van der Waals surface area contributed by atoms with E-state index in [2.05, 4.69) is 15.0 Å². The molecule has 6 nitrogen and oxygen atoms in total. The maximum absolute atomic E-state index is 13.2. The zero-order valence-electron chi connectivity index (χ0n) is 14.9. The SMILES string of the molecule is O=C(c1cc2nccc(-c3ccc(F)cc3)n2n1)N1CCN2CCC[C@H]2C1. The Kier molecular flexibility index (Phi) is 3.89. The van der Waals surface area contributed by atoms with Crippen LogP contribution in [0.25, 0.3) is 16.9 Å². The van der Waals surface area contributed by atoms with Gasteiger partial charge in [0, 0.05) is 43.5 Å². The van der Waals surface area contributed by atoms with Crippen LogP contribution in [-0.4, -0.2) is 62.5 Å². The first-order valence-corrected chi connectivity index (χ1v) is 9.33. The highest BCUT2D eigenvalue weighted by molar-refractivity contribution is 5.93. The van der Waals surface area contributed by atoms with E-state index in [1.807, 2.05) is 11.0 Å². The van der Waals surface area contributed by atoms with E-state index in [1.54, 1.807) is 28.9 Å². The van der Waals surface area contributed by atoms with E-state index < -0.39 is 0 Å². The zero-order chi connectivity index (χ0) is 18.4. The fourth-order valence-corrected chi connectivity index (χ4v) is 4.18. The number of benzene rings is 1. The third-order valence-electron chi connectivity index (χ3n) is 5.59. The lowest BCUT2D eigenvalue weighted by molar-refractivity contribution is 0.0565. The van der Waals surface area contributed by atoms with E-state index in [-0.39, 0.29) is 11.7 Å². The molecule has 3 aromatic rings. The highest BCUT2D eigenvalue weighted by Crippen LogP contribution is 2.24. The Morgan fingerprint density at radius 3 is 2.81 bits per heavy atom. The van der Waals surface area contributed by atoms with Crippen LogP contribution in [0.4, 0.5) is 4.39 Å². The summed E-state index contributed by atoms with van der Waals surface area (Å²) >= 11 is 0. The minimum absolute atomic E-state index is 0.0443.